The SMILES string of the molecule is CCN(C(=O)c1cc(C)ccc1N/N=C\C=N)C(C)C/C(C=N)=C/Nc1ccc(F)cn1. The number of amides is 1. The normalized spacial score (nSPS) is 12.3. The number of aryl methyl sites for hydroxylation is 1. The number of hydrogen-bond acceptors (Lipinski definition) is 7. The number of benzene rings is 1. The molecule has 1 aromatic heterocycles. The van der Waals surface area contributed by atoms with Crippen LogP contribution in [0.15, 0.2) is 53.4 Å². The predicted molar refractivity (Wildman–Crippen MR) is 128 cm³/mol. The second-order valence-electron chi connectivity index (χ2n) is 7.12. The fraction of sp³-hybridized carbons (Fsp3) is 0.261. The van der Waals surface area contributed by atoms with E-state index in [-0.39, 0.29) is 11.9 Å². The Kier molecular flexibility index (Phi) is 9.22. The molecule has 0 fully saturated rings. The van der Waals surface area contributed by atoms with Crippen LogP contribution >= 0.6 is 0 Å². The van der Waals surface area contributed by atoms with E-state index in [0.29, 0.717) is 35.6 Å². The summed E-state index contributed by atoms with van der Waals surface area (Å²) in [5.41, 5.74) is 5.45. The van der Waals surface area contributed by atoms with Crippen molar-refractivity contribution in [3.05, 3.63) is 65.2 Å². The number of carbonyl (C=O) groups excluding carboxylic acids is 1. The topological polar surface area (TPSA) is 117 Å². The van der Waals surface area contributed by atoms with Crippen molar-refractivity contribution >= 4 is 36.1 Å². The van der Waals surface area contributed by atoms with Crippen LogP contribution in [0.5, 0.6) is 0 Å². The second-order valence-corrected chi connectivity index (χ2v) is 7.12. The molecular weight excluding hydrogens is 409 g/mol. The number of aromatic nitrogens is 1. The van der Waals surface area contributed by atoms with Gasteiger partial charge in [-0.2, -0.15) is 5.10 Å². The number of nitrogens with zero attached hydrogens (tertiary/aromatic N) is 3. The highest BCUT2D eigenvalue weighted by molar-refractivity contribution is 6.14. The molecule has 2 aromatic rings. The zero-order valence-corrected chi connectivity index (χ0v) is 18.4. The van der Waals surface area contributed by atoms with Gasteiger partial charge in [0.1, 0.15) is 11.6 Å². The number of nitrogens with one attached hydrogen (secondary N) is 4. The maximum absolute atomic E-state index is 13.4. The third kappa shape index (κ3) is 6.83. The van der Waals surface area contributed by atoms with Gasteiger partial charge in [-0.3, -0.25) is 10.2 Å². The molecule has 8 nitrogen and oxygen atoms in total. The maximum atomic E-state index is 13.4. The molecule has 0 aliphatic rings. The van der Waals surface area contributed by atoms with Gasteiger partial charge in [0, 0.05) is 31.2 Å². The third-order valence-electron chi connectivity index (χ3n) is 4.72. The van der Waals surface area contributed by atoms with Crippen LogP contribution in [0.2, 0.25) is 0 Å². The number of rotatable bonds is 11. The summed E-state index contributed by atoms with van der Waals surface area (Å²) in [7, 11) is 0. The van der Waals surface area contributed by atoms with Gasteiger partial charge in [0.25, 0.3) is 5.91 Å². The van der Waals surface area contributed by atoms with E-state index in [9.17, 15) is 9.18 Å². The molecule has 1 heterocycles. The molecule has 0 saturated heterocycles. The summed E-state index contributed by atoms with van der Waals surface area (Å²) >= 11 is 0. The van der Waals surface area contributed by atoms with Crippen molar-refractivity contribution in [2.24, 2.45) is 5.10 Å². The fourth-order valence-electron chi connectivity index (χ4n) is 3.13. The first-order chi connectivity index (χ1) is 15.4. The number of pyridine rings is 1. The van der Waals surface area contributed by atoms with E-state index < -0.39 is 5.82 Å². The Hall–Kier alpha value is -3.88. The summed E-state index contributed by atoms with van der Waals surface area (Å²) in [5, 5.41) is 21.6. The average Bonchev–Trinajstić information content (AvgIpc) is 2.79. The summed E-state index contributed by atoms with van der Waals surface area (Å²) in [6.07, 6.45) is 6.74. The molecule has 0 spiro atoms. The lowest BCUT2D eigenvalue weighted by atomic mass is 10.0. The minimum atomic E-state index is -0.425. The van der Waals surface area contributed by atoms with Crippen LogP contribution in [0.4, 0.5) is 15.9 Å². The van der Waals surface area contributed by atoms with Crippen molar-refractivity contribution in [1.29, 1.82) is 10.8 Å². The Morgan fingerprint density at radius 1 is 1.31 bits per heavy atom. The van der Waals surface area contributed by atoms with Gasteiger partial charge in [-0.15, -0.1) is 0 Å². The largest absolute Gasteiger partial charge is 0.346 e. The van der Waals surface area contributed by atoms with Crippen molar-refractivity contribution in [2.45, 2.75) is 33.2 Å². The van der Waals surface area contributed by atoms with Crippen LogP contribution < -0.4 is 10.7 Å². The smallest absolute Gasteiger partial charge is 0.256 e. The molecule has 0 saturated carbocycles. The first kappa shape index (κ1) is 24.4. The predicted octanol–water partition coefficient (Wildman–Crippen LogP) is 4.46. The minimum Gasteiger partial charge on any atom is -0.346 e. The lowest BCUT2D eigenvalue weighted by Gasteiger charge is -2.29. The summed E-state index contributed by atoms with van der Waals surface area (Å²) in [4.78, 5) is 19.0. The molecule has 1 amide bonds. The summed E-state index contributed by atoms with van der Waals surface area (Å²) < 4.78 is 13.0. The Bertz CT molecular complexity index is 1000. The number of carbonyl (C=O) groups is 1. The number of hydrogen-bond donors (Lipinski definition) is 4. The van der Waals surface area contributed by atoms with E-state index in [1.54, 1.807) is 23.2 Å². The first-order valence-corrected chi connectivity index (χ1v) is 10.2. The van der Waals surface area contributed by atoms with E-state index in [1.807, 2.05) is 26.8 Å². The second kappa shape index (κ2) is 12.1. The van der Waals surface area contributed by atoms with E-state index in [1.165, 1.54) is 24.6 Å². The van der Waals surface area contributed by atoms with E-state index >= 15 is 0 Å². The van der Waals surface area contributed by atoms with Crippen LogP contribution in [-0.4, -0.2) is 47.0 Å². The lowest BCUT2D eigenvalue weighted by molar-refractivity contribution is 0.0705. The Morgan fingerprint density at radius 2 is 2.09 bits per heavy atom. The van der Waals surface area contributed by atoms with Crippen molar-refractivity contribution < 1.29 is 9.18 Å². The quantitative estimate of drug-likeness (QED) is 0.307. The molecular formula is C23H28FN7O. The lowest BCUT2D eigenvalue weighted by Crippen LogP contribution is -2.39. The van der Waals surface area contributed by atoms with Crippen LogP contribution in [0, 0.1) is 23.6 Å². The molecule has 4 N–H and O–H groups in total. The van der Waals surface area contributed by atoms with Crippen LogP contribution in [0.3, 0.4) is 0 Å². The van der Waals surface area contributed by atoms with Crippen molar-refractivity contribution in [3.8, 4) is 0 Å². The van der Waals surface area contributed by atoms with Crippen molar-refractivity contribution in [1.82, 2.24) is 9.88 Å². The van der Waals surface area contributed by atoms with Gasteiger partial charge in [0.2, 0.25) is 0 Å². The van der Waals surface area contributed by atoms with Gasteiger partial charge >= 0.3 is 0 Å². The number of halogens is 1. The standard InChI is InChI=1S/C23H28FN7O/c1-4-31(23(32)20-11-16(2)5-7-21(20)30-29-10-9-25)17(3)12-18(13-26)14-27-22-8-6-19(24)15-28-22/h5-11,13-15,17,25-26,30H,4,12H2,1-3H3,(H,27,28)/b18-14-,25-9?,26-13?,29-10-. The van der Waals surface area contributed by atoms with E-state index in [2.05, 4.69) is 20.8 Å². The third-order valence-corrected chi connectivity index (χ3v) is 4.72. The maximum Gasteiger partial charge on any atom is 0.256 e. The molecule has 1 aromatic carbocycles. The Morgan fingerprint density at radius 3 is 2.72 bits per heavy atom. The first-order valence-electron chi connectivity index (χ1n) is 10.2. The number of anilines is 2. The molecule has 0 bridgehead atoms. The zero-order valence-electron chi connectivity index (χ0n) is 18.4. The monoisotopic (exact) mass is 437 g/mol. The molecule has 0 aliphatic carbocycles. The molecule has 168 valence electrons. The zero-order chi connectivity index (χ0) is 23.5. The van der Waals surface area contributed by atoms with Gasteiger partial charge < -0.3 is 21.0 Å². The Labute approximate surface area is 187 Å². The summed E-state index contributed by atoms with van der Waals surface area (Å²) in [6, 6.07) is 8.07. The van der Waals surface area contributed by atoms with Gasteiger partial charge in [0.15, 0.2) is 0 Å². The van der Waals surface area contributed by atoms with Gasteiger partial charge in [-0.25, -0.2) is 9.37 Å². The van der Waals surface area contributed by atoms with Gasteiger partial charge in [-0.1, -0.05) is 11.6 Å². The van der Waals surface area contributed by atoms with Gasteiger partial charge in [-0.05, 0) is 57.0 Å². The molecule has 9 heteroatoms. The highest BCUT2D eigenvalue weighted by Crippen LogP contribution is 2.22. The molecule has 2 rings (SSSR count). The van der Waals surface area contributed by atoms with E-state index in [0.717, 1.165) is 18.0 Å². The Balaban J connectivity index is 2.18. The average molecular weight is 438 g/mol. The molecule has 0 radical (unpaired) electrons. The van der Waals surface area contributed by atoms with E-state index in [4.69, 9.17) is 10.8 Å². The number of hydrazone groups is 1. The molecule has 0 aliphatic heterocycles. The fourth-order valence-corrected chi connectivity index (χ4v) is 3.13. The summed E-state index contributed by atoms with van der Waals surface area (Å²) in [6.45, 7) is 6.21. The highest BCUT2D eigenvalue weighted by Gasteiger charge is 2.23. The minimum absolute atomic E-state index is 0.159. The molecule has 1 atom stereocenters. The van der Waals surface area contributed by atoms with Crippen molar-refractivity contribution in [2.75, 3.05) is 17.3 Å². The van der Waals surface area contributed by atoms with Crippen LogP contribution in [-0.2, 0) is 0 Å². The summed E-state index contributed by atoms with van der Waals surface area (Å²) in [5.74, 6) is -0.123. The molecule has 1 unspecified atom stereocenters. The van der Waals surface area contributed by atoms with Gasteiger partial charge in [0.05, 0.1) is 23.7 Å². The molecule has 32 heavy (non-hydrogen) atoms. The van der Waals surface area contributed by atoms with Crippen LogP contribution in [0.1, 0.15) is 36.2 Å². The van der Waals surface area contributed by atoms with Crippen molar-refractivity contribution in [3.63, 3.8) is 0 Å². The highest BCUT2D eigenvalue weighted by atomic mass is 19.1. The van der Waals surface area contributed by atoms with Crippen LogP contribution in [0.25, 0.3) is 0 Å².